The number of rotatable bonds is 8. The molecule has 3 N–H and O–H groups in total. The van der Waals surface area contributed by atoms with Gasteiger partial charge in [-0.05, 0) is 42.5 Å². The van der Waals surface area contributed by atoms with E-state index in [1.54, 1.807) is 0 Å². The molecule has 0 spiro atoms. The number of nitrogens with one attached hydrogen (secondary N) is 1. The third-order valence-corrected chi connectivity index (χ3v) is 4.22. The van der Waals surface area contributed by atoms with Crippen LogP contribution in [0.25, 0.3) is 0 Å². The van der Waals surface area contributed by atoms with Crippen molar-refractivity contribution >= 4 is 11.9 Å². The standard InChI is InChI=1S/C20H20F3NO4/c21-20(22,23)15-11-9-14(10-12-15)17(25)18(26)24-16(19(27)28)8-4-7-13-5-2-1-3-6-13/h1-3,5-6,9-12,16-17,25H,4,7-8H2,(H,24,26)(H,27,28)/t16-,17-/m1/s1. The third kappa shape index (κ3) is 6.09. The number of hydrogen-bond donors (Lipinski definition) is 3. The van der Waals surface area contributed by atoms with E-state index in [0.717, 1.165) is 29.8 Å². The molecule has 0 fully saturated rings. The van der Waals surface area contributed by atoms with Gasteiger partial charge in [0, 0.05) is 0 Å². The SMILES string of the molecule is O=C(O)[C@@H](CCCc1ccccc1)NC(=O)[C@H](O)c1ccc(C(F)(F)F)cc1. The van der Waals surface area contributed by atoms with Crippen molar-refractivity contribution in [3.63, 3.8) is 0 Å². The minimum absolute atomic E-state index is 0.0566. The Morgan fingerprint density at radius 3 is 2.14 bits per heavy atom. The molecule has 0 bridgehead atoms. The van der Waals surface area contributed by atoms with Crippen molar-refractivity contribution in [3.05, 3.63) is 71.3 Å². The van der Waals surface area contributed by atoms with Crippen LogP contribution in [-0.2, 0) is 22.2 Å². The first-order chi connectivity index (χ1) is 13.2. The Kier molecular flexibility index (Phi) is 7.17. The zero-order valence-corrected chi connectivity index (χ0v) is 14.8. The van der Waals surface area contributed by atoms with Crippen LogP contribution >= 0.6 is 0 Å². The molecule has 0 aliphatic carbocycles. The number of hydrogen-bond acceptors (Lipinski definition) is 3. The van der Waals surface area contributed by atoms with Crippen LogP contribution < -0.4 is 5.32 Å². The van der Waals surface area contributed by atoms with Crippen LogP contribution in [0.15, 0.2) is 54.6 Å². The monoisotopic (exact) mass is 395 g/mol. The summed E-state index contributed by atoms with van der Waals surface area (Å²) in [6.07, 6.45) is -5.02. The number of aliphatic hydroxyl groups excluding tert-OH is 1. The summed E-state index contributed by atoms with van der Waals surface area (Å²) < 4.78 is 37.7. The van der Waals surface area contributed by atoms with Crippen LogP contribution in [0.3, 0.4) is 0 Å². The van der Waals surface area contributed by atoms with Gasteiger partial charge >= 0.3 is 12.1 Å². The number of aryl methyl sites for hydroxylation is 1. The van der Waals surface area contributed by atoms with Gasteiger partial charge in [-0.1, -0.05) is 42.5 Å². The zero-order chi connectivity index (χ0) is 20.7. The molecule has 2 rings (SSSR count). The Morgan fingerprint density at radius 2 is 1.61 bits per heavy atom. The highest BCUT2D eigenvalue weighted by Crippen LogP contribution is 2.30. The zero-order valence-electron chi connectivity index (χ0n) is 14.8. The van der Waals surface area contributed by atoms with E-state index < -0.39 is 35.8 Å². The molecule has 8 heteroatoms. The van der Waals surface area contributed by atoms with E-state index in [2.05, 4.69) is 5.32 Å². The molecule has 0 aromatic heterocycles. The Balaban J connectivity index is 1.94. The molecule has 5 nitrogen and oxygen atoms in total. The average molecular weight is 395 g/mol. The molecule has 28 heavy (non-hydrogen) atoms. The van der Waals surface area contributed by atoms with Gasteiger partial charge in [0.15, 0.2) is 6.10 Å². The molecular formula is C20H20F3NO4. The maximum absolute atomic E-state index is 12.6. The van der Waals surface area contributed by atoms with Crippen LogP contribution in [0.5, 0.6) is 0 Å². The number of amides is 1. The highest BCUT2D eigenvalue weighted by Gasteiger charge is 2.31. The normalized spacial score (nSPS) is 13.6. The predicted octanol–water partition coefficient (Wildman–Crippen LogP) is 3.33. The molecule has 2 atom stereocenters. The fourth-order valence-corrected chi connectivity index (χ4v) is 2.67. The first kappa shape index (κ1) is 21.4. The molecule has 0 aliphatic rings. The van der Waals surface area contributed by atoms with Crippen molar-refractivity contribution in [1.29, 1.82) is 0 Å². The Labute approximate surface area is 159 Å². The van der Waals surface area contributed by atoms with Crippen molar-refractivity contribution in [1.82, 2.24) is 5.32 Å². The fraction of sp³-hybridized carbons (Fsp3) is 0.300. The van der Waals surface area contributed by atoms with E-state index in [0.29, 0.717) is 12.8 Å². The number of benzene rings is 2. The highest BCUT2D eigenvalue weighted by molar-refractivity contribution is 5.86. The summed E-state index contributed by atoms with van der Waals surface area (Å²) in [5, 5.41) is 21.5. The van der Waals surface area contributed by atoms with Gasteiger partial charge in [-0.3, -0.25) is 4.79 Å². The van der Waals surface area contributed by atoms with E-state index in [1.807, 2.05) is 30.3 Å². The minimum Gasteiger partial charge on any atom is -0.480 e. The summed E-state index contributed by atoms with van der Waals surface area (Å²) in [5.41, 5.74) is 0.0647. The van der Waals surface area contributed by atoms with Crippen LogP contribution in [0.1, 0.15) is 35.6 Å². The lowest BCUT2D eigenvalue weighted by molar-refractivity contribution is -0.143. The van der Waals surface area contributed by atoms with Crippen LogP contribution in [-0.4, -0.2) is 28.1 Å². The molecular weight excluding hydrogens is 375 g/mol. The molecule has 0 radical (unpaired) electrons. The van der Waals surface area contributed by atoms with Gasteiger partial charge in [-0.2, -0.15) is 13.2 Å². The average Bonchev–Trinajstić information content (AvgIpc) is 2.66. The number of alkyl halides is 3. The summed E-state index contributed by atoms with van der Waals surface area (Å²) >= 11 is 0. The molecule has 1 amide bonds. The van der Waals surface area contributed by atoms with Gasteiger partial charge in [-0.15, -0.1) is 0 Å². The van der Waals surface area contributed by atoms with E-state index in [9.17, 15) is 33.0 Å². The van der Waals surface area contributed by atoms with E-state index in [1.165, 1.54) is 0 Å². The summed E-state index contributed by atoms with van der Waals surface area (Å²) in [4.78, 5) is 23.5. The number of carbonyl (C=O) groups excluding carboxylic acids is 1. The fourth-order valence-electron chi connectivity index (χ4n) is 2.67. The number of halogens is 3. The second kappa shape index (κ2) is 9.36. The molecule has 0 heterocycles. The van der Waals surface area contributed by atoms with Crippen LogP contribution in [0, 0.1) is 0 Å². The second-order valence-corrected chi connectivity index (χ2v) is 6.30. The van der Waals surface area contributed by atoms with Gasteiger partial charge in [-0.25, -0.2) is 4.79 Å². The summed E-state index contributed by atoms with van der Waals surface area (Å²) in [5.74, 6) is -2.23. The largest absolute Gasteiger partial charge is 0.480 e. The first-order valence-corrected chi connectivity index (χ1v) is 8.61. The van der Waals surface area contributed by atoms with E-state index in [-0.39, 0.29) is 12.0 Å². The summed E-state index contributed by atoms with van der Waals surface area (Å²) in [6, 6.07) is 11.7. The molecule has 0 unspecified atom stereocenters. The van der Waals surface area contributed by atoms with Crippen LogP contribution in [0.4, 0.5) is 13.2 Å². The van der Waals surface area contributed by atoms with Gasteiger partial charge < -0.3 is 15.5 Å². The van der Waals surface area contributed by atoms with Crippen molar-refractivity contribution < 1.29 is 33.0 Å². The lowest BCUT2D eigenvalue weighted by atomic mass is 10.0. The quantitative estimate of drug-likeness (QED) is 0.640. The Hall–Kier alpha value is -2.87. The molecule has 0 saturated carbocycles. The van der Waals surface area contributed by atoms with Crippen molar-refractivity contribution in [3.8, 4) is 0 Å². The van der Waals surface area contributed by atoms with Gasteiger partial charge in [0.2, 0.25) is 0 Å². The number of aliphatic carboxylic acids is 1. The number of aliphatic hydroxyl groups is 1. The molecule has 0 saturated heterocycles. The van der Waals surface area contributed by atoms with Crippen molar-refractivity contribution in [2.75, 3.05) is 0 Å². The maximum atomic E-state index is 12.6. The maximum Gasteiger partial charge on any atom is 0.416 e. The smallest absolute Gasteiger partial charge is 0.416 e. The van der Waals surface area contributed by atoms with E-state index >= 15 is 0 Å². The lowest BCUT2D eigenvalue weighted by Gasteiger charge is -2.18. The lowest BCUT2D eigenvalue weighted by Crippen LogP contribution is -2.43. The molecule has 150 valence electrons. The van der Waals surface area contributed by atoms with Crippen molar-refractivity contribution in [2.24, 2.45) is 0 Å². The Bertz CT molecular complexity index is 791. The number of carboxylic acid groups (broad SMARTS) is 1. The second-order valence-electron chi connectivity index (χ2n) is 6.30. The predicted molar refractivity (Wildman–Crippen MR) is 95.4 cm³/mol. The van der Waals surface area contributed by atoms with E-state index in [4.69, 9.17) is 0 Å². The van der Waals surface area contributed by atoms with Crippen LogP contribution in [0.2, 0.25) is 0 Å². The first-order valence-electron chi connectivity index (χ1n) is 8.61. The van der Waals surface area contributed by atoms with Gasteiger partial charge in [0.05, 0.1) is 5.56 Å². The molecule has 0 aliphatic heterocycles. The number of carbonyl (C=O) groups is 2. The highest BCUT2D eigenvalue weighted by atomic mass is 19.4. The van der Waals surface area contributed by atoms with Crippen molar-refractivity contribution in [2.45, 2.75) is 37.6 Å². The minimum atomic E-state index is -4.53. The number of carboxylic acids is 1. The third-order valence-electron chi connectivity index (χ3n) is 4.22. The summed E-state index contributed by atoms with van der Waals surface area (Å²) in [7, 11) is 0. The summed E-state index contributed by atoms with van der Waals surface area (Å²) in [6.45, 7) is 0. The Morgan fingerprint density at radius 1 is 1.00 bits per heavy atom. The van der Waals surface area contributed by atoms with Gasteiger partial charge in [0.25, 0.3) is 5.91 Å². The topological polar surface area (TPSA) is 86.6 Å². The van der Waals surface area contributed by atoms with Gasteiger partial charge in [0.1, 0.15) is 6.04 Å². The molecule has 2 aromatic carbocycles. The molecule has 2 aromatic rings.